The number of ether oxygens (including phenoxy) is 2. The summed E-state index contributed by atoms with van der Waals surface area (Å²) in [5.74, 6) is 0.141. The molecule has 2 aromatic carbocycles. The van der Waals surface area contributed by atoms with Crippen LogP contribution in [0.25, 0.3) is 0 Å². The van der Waals surface area contributed by atoms with Crippen LogP contribution >= 0.6 is 0 Å². The highest BCUT2D eigenvalue weighted by atomic mass is 32.2. The van der Waals surface area contributed by atoms with Crippen LogP contribution in [0.3, 0.4) is 0 Å². The van der Waals surface area contributed by atoms with Crippen LogP contribution in [0, 0.1) is 0 Å². The molecule has 2 saturated heterocycles. The fourth-order valence-corrected chi connectivity index (χ4v) is 6.86. The lowest BCUT2D eigenvalue weighted by molar-refractivity contribution is 0.0730. The van der Waals surface area contributed by atoms with Gasteiger partial charge in [0.2, 0.25) is 20.0 Å². The Bertz CT molecular complexity index is 1220. The fraction of sp³-hybridized carbons (Fsp3) is 0.435. The maximum Gasteiger partial charge on any atom is 0.251 e. The molecule has 10 nitrogen and oxygen atoms in total. The minimum absolute atomic E-state index is 0.179. The minimum atomic E-state index is -3.56. The predicted octanol–water partition coefficient (Wildman–Crippen LogP) is 1.30. The summed E-state index contributed by atoms with van der Waals surface area (Å²) in [6.07, 6.45) is 1.72. The van der Waals surface area contributed by atoms with E-state index in [1.807, 2.05) is 0 Å². The van der Waals surface area contributed by atoms with E-state index in [1.165, 1.54) is 45.0 Å². The van der Waals surface area contributed by atoms with Crippen molar-refractivity contribution in [2.24, 2.45) is 0 Å². The summed E-state index contributed by atoms with van der Waals surface area (Å²) in [6.45, 7) is 2.88. The highest BCUT2D eigenvalue weighted by Gasteiger charge is 2.27. The molecule has 0 radical (unpaired) electrons. The first kappa shape index (κ1) is 25.6. The molecule has 2 fully saturated rings. The number of sulfonamides is 2. The Kier molecular flexibility index (Phi) is 8.07. The van der Waals surface area contributed by atoms with Gasteiger partial charge in [-0.2, -0.15) is 8.61 Å². The lowest BCUT2D eigenvalue weighted by Gasteiger charge is -2.26. The molecule has 2 aliphatic rings. The van der Waals surface area contributed by atoms with E-state index in [0.717, 1.165) is 12.8 Å². The van der Waals surface area contributed by atoms with E-state index < -0.39 is 20.0 Å². The van der Waals surface area contributed by atoms with Crippen LogP contribution < -0.4 is 10.1 Å². The van der Waals surface area contributed by atoms with Crippen molar-refractivity contribution >= 4 is 26.0 Å². The molecule has 0 aliphatic carbocycles. The molecule has 12 heteroatoms. The van der Waals surface area contributed by atoms with Gasteiger partial charge in [0.1, 0.15) is 12.4 Å². The van der Waals surface area contributed by atoms with Gasteiger partial charge in [-0.15, -0.1) is 0 Å². The first-order valence-electron chi connectivity index (χ1n) is 11.5. The molecule has 2 aliphatic heterocycles. The number of amides is 1. The van der Waals surface area contributed by atoms with Crippen LogP contribution in [0.4, 0.5) is 0 Å². The number of carbonyl (C=O) groups is 1. The molecule has 0 atom stereocenters. The van der Waals surface area contributed by atoms with E-state index in [4.69, 9.17) is 9.47 Å². The lowest BCUT2D eigenvalue weighted by atomic mass is 10.2. The van der Waals surface area contributed by atoms with E-state index in [2.05, 4.69) is 5.32 Å². The molecule has 0 aromatic heterocycles. The Morgan fingerprint density at radius 2 is 1.31 bits per heavy atom. The van der Waals surface area contributed by atoms with E-state index in [9.17, 15) is 21.6 Å². The van der Waals surface area contributed by atoms with Crippen molar-refractivity contribution in [2.75, 3.05) is 52.5 Å². The number of nitrogens with zero attached hydrogens (tertiary/aromatic N) is 2. The summed E-state index contributed by atoms with van der Waals surface area (Å²) in [4.78, 5) is 12.7. The van der Waals surface area contributed by atoms with Crippen molar-refractivity contribution in [2.45, 2.75) is 22.6 Å². The summed E-state index contributed by atoms with van der Waals surface area (Å²) in [7, 11) is -7.08. The van der Waals surface area contributed by atoms with Gasteiger partial charge in [0, 0.05) is 31.7 Å². The quantitative estimate of drug-likeness (QED) is 0.492. The van der Waals surface area contributed by atoms with Crippen LogP contribution in [0.1, 0.15) is 23.2 Å². The smallest absolute Gasteiger partial charge is 0.251 e. The van der Waals surface area contributed by atoms with Crippen LogP contribution in [-0.4, -0.2) is 83.9 Å². The third-order valence-corrected chi connectivity index (χ3v) is 9.73. The van der Waals surface area contributed by atoms with Gasteiger partial charge in [-0.25, -0.2) is 16.8 Å². The number of nitrogens with one attached hydrogen (secondary N) is 1. The van der Waals surface area contributed by atoms with Gasteiger partial charge in [0.15, 0.2) is 0 Å². The van der Waals surface area contributed by atoms with Crippen molar-refractivity contribution in [1.82, 2.24) is 13.9 Å². The topological polar surface area (TPSA) is 122 Å². The lowest BCUT2D eigenvalue weighted by Crippen LogP contribution is -2.40. The van der Waals surface area contributed by atoms with Gasteiger partial charge < -0.3 is 14.8 Å². The van der Waals surface area contributed by atoms with Crippen molar-refractivity contribution in [3.8, 4) is 5.75 Å². The van der Waals surface area contributed by atoms with E-state index in [-0.39, 0.29) is 28.8 Å². The molecule has 0 spiro atoms. The molecule has 2 heterocycles. The third-order valence-electron chi connectivity index (χ3n) is 5.91. The second-order valence-corrected chi connectivity index (χ2v) is 12.1. The maximum absolute atomic E-state index is 12.7. The monoisotopic (exact) mass is 523 g/mol. The number of hydrogen-bond donors (Lipinski definition) is 1. The first-order valence-corrected chi connectivity index (χ1v) is 14.4. The minimum Gasteiger partial charge on any atom is -0.492 e. The third kappa shape index (κ3) is 6.01. The zero-order chi connectivity index (χ0) is 24.9. The Balaban J connectivity index is 1.25. The Morgan fingerprint density at radius 1 is 0.800 bits per heavy atom. The summed E-state index contributed by atoms with van der Waals surface area (Å²) in [5, 5.41) is 2.72. The standard InChI is InChI=1S/C23H29N3O7S2/c27-23(19-3-7-21(8-4-19)34(28,29)25-12-1-2-13-25)24-11-16-33-20-5-9-22(10-6-20)35(30,31)26-14-17-32-18-15-26/h3-10H,1-2,11-18H2,(H,24,27). The van der Waals surface area contributed by atoms with Crippen LogP contribution in [0.15, 0.2) is 58.3 Å². The zero-order valence-electron chi connectivity index (χ0n) is 19.3. The number of rotatable bonds is 9. The Morgan fingerprint density at radius 3 is 1.89 bits per heavy atom. The number of benzene rings is 2. The van der Waals surface area contributed by atoms with Crippen LogP contribution in [0.5, 0.6) is 5.75 Å². The van der Waals surface area contributed by atoms with Crippen molar-refractivity contribution in [3.05, 3.63) is 54.1 Å². The molecule has 4 rings (SSSR count). The summed E-state index contributed by atoms with van der Waals surface area (Å²) < 4.78 is 64.2. The number of carbonyl (C=O) groups excluding carboxylic acids is 1. The largest absolute Gasteiger partial charge is 0.492 e. The SMILES string of the molecule is O=C(NCCOc1ccc(S(=O)(=O)N2CCOCC2)cc1)c1ccc(S(=O)(=O)N2CCCC2)cc1. The molecule has 0 bridgehead atoms. The van der Waals surface area contributed by atoms with Gasteiger partial charge in [-0.3, -0.25) is 4.79 Å². The van der Waals surface area contributed by atoms with Gasteiger partial charge in [-0.1, -0.05) is 0 Å². The average Bonchev–Trinajstić information content (AvgIpc) is 3.44. The predicted molar refractivity (Wildman–Crippen MR) is 128 cm³/mol. The molecule has 1 amide bonds. The molecule has 0 saturated carbocycles. The normalized spacial score (nSPS) is 17.8. The molecular weight excluding hydrogens is 494 g/mol. The summed E-state index contributed by atoms with van der Waals surface area (Å²) >= 11 is 0. The van der Waals surface area contributed by atoms with Crippen LogP contribution in [0.2, 0.25) is 0 Å². The summed E-state index contributed by atoms with van der Waals surface area (Å²) in [6, 6.07) is 12.0. The fourth-order valence-electron chi connectivity index (χ4n) is 3.94. The van der Waals surface area contributed by atoms with E-state index in [0.29, 0.717) is 50.7 Å². The highest BCUT2D eigenvalue weighted by Crippen LogP contribution is 2.22. The van der Waals surface area contributed by atoms with Gasteiger partial charge >= 0.3 is 0 Å². The van der Waals surface area contributed by atoms with Crippen molar-refractivity contribution in [3.63, 3.8) is 0 Å². The second-order valence-electron chi connectivity index (χ2n) is 8.23. The first-order chi connectivity index (χ1) is 16.8. The maximum atomic E-state index is 12.7. The van der Waals surface area contributed by atoms with Gasteiger partial charge in [-0.05, 0) is 61.4 Å². The molecule has 1 N–H and O–H groups in total. The molecule has 2 aromatic rings. The van der Waals surface area contributed by atoms with E-state index >= 15 is 0 Å². The molecular formula is C23H29N3O7S2. The molecule has 35 heavy (non-hydrogen) atoms. The highest BCUT2D eigenvalue weighted by molar-refractivity contribution is 7.89. The average molecular weight is 524 g/mol. The number of hydrogen-bond acceptors (Lipinski definition) is 7. The molecule has 0 unspecified atom stereocenters. The Labute approximate surface area is 205 Å². The van der Waals surface area contributed by atoms with Crippen molar-refractivity contribution in [1.29, 1.82) is 0 Å². The molecule has 190 valence electrons. The number of morpholine rings is 1. The zero-order valence-corrected chi connectivity index (χ0v) is 20.9. The summed E-state index contributed by atoms with van der Waals surface area (Å²) in [5.41, 5.74) is 0.350. The van der Waals surface area contributed by atoms with Gasteiger partial charge in [0.05, 0.1) is 29.5 Å². The Hall–Kier alpha value is -2.51. The van der Waals surface area contributed by atoms with Crippen molar-refractivity contribution < 1.29 is 31.1 Å². The second kappa shape index (κ2) is 11.0. The van der Waals surface area contributed by atoms with Gasteiger partial charge in [0.25, 0.3) is 5.91 Å². The van der Waals surface area contributed by atoms with E-state index in [1.54, 1.807) is 12.1 Å². The van der Waals surface area contributed by atoms with Crippen LogP contribution in [-0.2, 0) is 24.8 Å².